The molecule has 0 aliphatic carbocycles. The van der Waals surface area contributed by atoms with Crippen molar-refractivity contribution in [2.24, 2.45) is 0 Å². The Balaban J connectivity index is 2.04. The second-order valence-corrected chi connectivity index (χ2v) is 5.98. The van der Waals surface area contributed by atoms with Crippen molar-refractivity contribution in [2.75, 3.05) is 0 Å². The van der Waals surface area contributed by atoms with Gasteiger partial charge in [0.2, 0.25) is 5.16 Å². The molecule has 0 unspecified atom stereocenters. The second-order valence-electron chi connectivity index (χ2n) is 4.98. The van der Waals surface area contributed by atoms with Crippen molar-refractivity contribution in [3.05, 3.63) is 51.3 Å². The van der Waals surface area contributed by atoms with Crippen molar-refractivity contribution < 1.29 is 4.92 Å². The maximum atomic E-state index is 11.2. The number of aromatic nitrogens is 4. The molecule has 0 N–H and O–H groups in total. The Morgan fingerprint density at radius 3 is 2.68 bits per heavy atom. The summed E-state index contributed by atoms with van der Waals surface area (Å²) in [7, 11) is 0. The van der Waals surface area contributed by atoms with Crippen molar-refractivity contribution in [1.82, 2.24) is 19.6 Å². The molecule has 0 saturated heterocycles. The van der Waals surface area contributed by atoms with Crippen molar-refractivity contribution in [3.63, 3.8) is 0 Å². The summed E-state index contributed by atoms with van der Waals surface area (Å²) in [6.45, 7) is 5.62. The van der Waals surface area contributed by atoms with Crippen LogP contribution in [-0.2, 0) is 0 Å². The Morgan fingerprint density at radius 1 is 1.18 bits per heavy atom. The van der Waals surface area contributed by atoms with Crippen LogP contribution in [0, 0.1) is 30.9 Å². The fraction of sp³-hybridized carbons (Fsp3) is 0.214. The van der Waals surface area contributed by atoms with Gasteiger partial charge in [-0.1, -0.05) is 6.07 Å². The number of benzene rings is 1. The molecule has 1 aromatic carbocycles. The quantitative estimate of drug-likeness (QED) is 0.545. The van der Waals surface area contributed by atoms with Gasteiger partial charge in [0, 0.05) is 17.5 Å². The predicted octanol–water partition coefficient (Wildman–Crippen LogP) is 3.11. The van der Waals surface area contributed by atoms with E-state index >= 15 is 0 Å². The van der Waals surface area contributed by atoms with Crippen LogP contribution < -0.4 is 0 Å². The normalized spacial score (nSPS) is 11.0. The first-order chi connectivity index (χ1) is 10.4. The van der Waals surface area contributed by atoms with E-state index in [-0.39, 0.29) is 5.69 Å². The first kappa shape index (κ1) is 14.5. The summed E-state index contributed by atoms with van der Waals surface area (Å²) in [5.41, 5.74) is 2.67. The van der Waals surface area contributed by atoms with Crippen LogP contribution in [0.5, 0.6) is 0 Å². The number of nitro groups is 1. The minimum Gasteiger partial charge on any atom is -0.258 e. The Hall–Kier alpha value is -2.48. The summed E-state index contributed by atoms with van der Waals surface area (Å²) in [5, 5.41) is 16.0. The van der Waals surface area contributed by atoms with E-state index in [0.717, 1.165) is 17.0 Å². The zero-order chi connectivity index (χ0) is 15.9. The fourth-order valence-electron chi connectivity index (χ4n) is 2.15. The number of hydrogen-bond acceptors (Lipinski definition) is 6. The van der Waals surface area contributed by atoms with Crippen LogP contribution >= 0.6 is 11.8 Å². The molecule has 22 heavy (non-hydrogen) atoms. The molecule has 3 aromatic rings. The molecule has 0 saturated carbocycles. The van der Waals surface area contributed by atoms with Gasteiger partial charge < -0.3 is 0 Å². The molecule has 0 fully saturated rings. The average Bonchev–Trinajstić information content (AvgIpc) is 2.83. The Morgan fingerprint density at radius 2 is 1.95 bits per heavy atom. The van der Waals surface area contributed by atoms with Crippen molar-refractivity contribution in [1.29, 1.82) is 0 Å². The maximum Gasteiger partial charge on any atom is 0.283 e. The third kappa shape index (κ3) is 2.64. The molecule has 0 atom stereocenters. The third-order valence-corrected chi connectivity index (χ3v) is 4.03. The van der Waals surface area contributed by atoms with Gasteiger partial charge >= 0.3 is 0 Å². The molecule has 3 rings (SSSR count). The monoisotopic (exact) mass is 315 g/mol. The van der Waals surface area contributed by atoms with Gasteiger partial charge in [-0.15, -0.1) is 5.10 Å². The van der Waals surface area contributed by atoms with Crippen molar-refractivity contribution >= 4 is 23.2 Å². The standard InChI is InChI=1S/C14H13N5O2S/c1-8-4-5-12(11(6-8)19(20)21)22-14-16-13-15-9(2)7-10(3)18(13)17-14/h4-7H,1-3H3. The molecule has 112 valence electrons. The zero-order valence-corrected chi connectivity index (χ0v) is 13.1. The summed E-state index contributed by atoms with van der Waals surface area (Å²) in [5.74, 6) is 0.495. The predicted molar refractivity (Wildman–Crippen MR) is 82.2 cm³/mol. The van der Waals surface area contributed by atoms with E-state index in [9.17, 15) is 10.1 Å². The Kier molecular flexibility index (Phi) is 3.53. The molecule has 0 aliphatic rings. The lowest BCUT2D eigenvalue weighted by Gasteiger charge is -2.00. The SMILES string of the molecule is Cc1ccc(Sc2nc3nc(C)cc(C)n3n2)c([N+](=O)[O-])c1. The van der Waals surface area contributed by atoms with E-state index in [1.54, 1.807) is 16.6 Å². The first-order valence-electron chi connectivity index (χ1n) is 6.58. The molecule has 0 radical (unpaired) electrons. The van der Waals surface area contributed by atoms with Gasteiger partial charge in [-0.25, -0.2) is 9.50 Å². The van der Waals surface area contributed by atoms with Crippen molar-refractivity contribution in [2.45, 2.75) is 30.8 Å². The Bertz CT molecular complexity index is 890. The van der Waals surface area contributed by atoms with E-state index in [4.69, 9.17) is 0 Å². The smallest absolute Gasteiger partial charge is 0.258 e. The molecule has 0 spiro atoms. The highest BCUT2D eigenvalue weighted by Gasteiger charge is 2.17. The largest absolute Gasteiger partial charge is 0.283 e. The van der Waals surface area contributed by atoms with Gasteiger partial charge in [-0.2, -0.15) is 4.98 Å². The highest BCUT2D eigenvalue weighted by atomic mass is 32.2. The van der Waals surface area contributed by atoms with Crippen LogP contribution in [0.2, 0.25) is 0 Å². The number of fused-ring (bicyclic) bond motifs is 1. The molecule has 2 heterocycles. The highest BCUT2D eigenvalue weighted by Crippen LogP contribution is 2.33. The summed E-state index contributed by atoms with van der Waals surface area (Å²) in [4.78, 5) is 19.9. The highest BCUT2D eigenvalue weighted by molar-refractivity contribution is 7.99. The fourth-order valence-corrected chi connectivity index (χ4v) is 2.97. The van der Waals surface area contributed by atoms with Gasteiger partial charge in [-0.05, 0) is 50.2 Å². The van der Waals surface area contributed by atoms with Crippen molar-refractivity contribution in [3.8, 4) is 0 Å². The molecule has 0 aliphatic heterocycles. The summed E-state index contributed by atoms with van der Waals surface area (Å²) in [6, 6.07) is 7.00. The van der Waals surface area contributed by atoms with Crippen LogP contribution in [0.1, 0.15) is 17.0 Å². The van der Waals surface area contributed by atoms with Crippen LogP contribution in [0.3, 0.4) is 0 Å². The van der Waals surface area contributed by atoms with Crippen LogP contribution in [0.4, 0.5) is 5.69 Å². The minimum absolute atomic E-state index is 0.0599. The average molecular weight is 315 g/mol. The van der Waals surface area contributed by atoms with Gasteiger partial charge in [0.05, 0.1) is 9.82 Å². The summed E-state index contributed by atoms with van der Waals surface area (Å²) < 4.78 is 1.63. The number of hydrogen-bond donors (Lipinski definition) is 0. The lowest BCUT2D eigenvalue weighted by Crippen LogP contribution is -1.97. The van der Waals surface area contributed by atoms with E-state index in [2.05, 4.69) is 15.1 Å². The second kappa shape index (κ2) is 5.38. The third-order valence-electron chi connectivity index (χ3n) is 3.11. The number of rotatable bonds is 3. The molecular formula is C14H13N5O2S. The van der Waals surface area contributed by atoms with E-state index in [0.29, 0.717) is 15.8 Å². The molecule has 8 heteroatoms. The Labute approximate surface area is 130 Å². The van der Waals surface area contributed by atoms with Gasteiger partial charge in [0.25, 0.3) is 11.5 Å². The van der Waals surface area contributed by atoms with Gasteiger partial charge in [-0.3, -0.25) is 10.1 Å². The van der Waals surface area contributed by atoms with E-state index < -0.39 is 4.92 Å². The minimum atomic E-state index is -0.390. The van der Waals surface area contributed by atoms with Crippen LogP contribution in [-0.4, -0.2) is 24.5 Å². The molecule has 7 nitrogen and oxygen atoms in total. The van der Waals surface area contributed by atoms with E-state index in [1.807, 2.05) is 32.9 Å². The molecule has 0 bridgehead atoms. The number of nitrogens with zero attached hydrogens (tertiary/aromatic N) is 5. The molecular weight excluding hydrogens is 302 g/mol. The zero-order valence-electron chi connectivity index (χ0n) is 12.3. The number of aryl methyl sites for hydroxylation is 3. The van der Waals surface area contributed by atoms with Gasteiger partial charge in [0.15, 0.2) is 0 Å². The van der Waals surface area contributed by atoms with Crippen LogP contribution in [0.15, 0.2) is 34.3 Å². The van der Waals surface area contributed by atoms with Crippen LogP contribution in [0.25, 0.3) is 5.78 Å². The van der Waals surface area contributed by atoms with Gasteiger partial charge in [0.1, 0.15) is 0 Å². The molecule has 2 aromatic heterocycles. The van der Waals surface area contributed by atoms with E-state index in [1.165, 1.54) is 11.8 Å². The lowest BCUT2D eigenvalue weighted by molar-refractivity contribution is -0.387. The maximum absolute atomic E-state index is 11.2. The molecule has 0 amide bonds. The number of nitro benzene ring substituents is 1. The first-order valence-corrected chi connectivity index (χ1v) is 7.39. The lowest BCUT2D eigenvalue weighted by atomic mass is 10.2. The summed E-state index contributed by atoms with van der Waals surface area (Å²) in [6.07, 6.45) is 0. The topological polar surface area (TPSA) is 86.2 Å². The summed E-state index contributed by atoms with van der Waals surface area (Å²) >= 11 is 1.17.